The summed E-state index contributed by atoms with van der Waals surface area (Å²) in [5.41, 5.74) is 3.32. The molecule has 3 saturated carbocycles. The third kappa shape index (κ3) is 12.7. The van der Waals surface area contributed by atoms with Crippen molar-refractivity contribution < 1.29 is 38.4 Å². The molecule has 15 rings (SSSR count). The Balaban J connectivity index is 0.00000821. The van der Waals surface area contributed by atoms with Crippen molar-refractivity contribution in [1.82, 2.24) is 39.9 Å². The summed E-state index contributed by atoms with van der Waals surface area (Å²) in [4.78, 5) is 41.4. The predicted molar refractivity (Wildman–Crippen MR) is 396 cm³/mol. The Morgan fingerprint density at radius 3 is 0.980 bits per heavy atom. The van der Waals surface area contributed by atoms with Crippen LogP contribution in [0.3, 0.4) is 0 Å². The summed E-state index contributed by atoms with van der Waals surface area (Å²) in [6, 6.07) is 23.5. The van der Waals surface area contributed by atoms with Crippen molar-refractivity contribution in [2.24, 2.45) is 5.92 Å². The van der Waals surface area contributed by atoms with Gasteiger partial charge in [-0.3, -0.25) is 0 Å². The molecule has 0 amide bonds. The number of aromatic nitrogens is 8. The number of nitrogens with zero attached hydrogens (tertiary/aromatic N) is 8. The second kappa shape index (κ2) is 29.2. The molecule has 10 aromatic rings. The van der Waals surface area contributed by atoms with Crippen LogP contribution in [0.25, 0.3) is 89.7 Å². The maximum Gasteiger partial charge on any atom is 2.00 e. The van der Waals surface area contributed by atoms with Crippen molar-refractivity contribution in [1.29, 1.82) is 0 Å². The van der Waals surface area contributed by atoms with E-state index in [2.05, 4.69) is 32.0 Å². The monoisotopic (exact) mass is 1590 g/mol. The molecule has 0 atom stereocenters. The van der Waals surface area contributed by atoms with Crippen LogP contribution in [0, 0.1) is 5.92 Å². The standard InChI is InChI=1S/C73H56Cl12N8O4.Zn/c1-32(2)30-31-94-62-54(78)46-42(50(74)58(62)82)66-86-67-43-48(56(80)64(59(83)51(43)75)96-40-28-16-13-25-37(40)34-20-8-4-9-21-34)72(89-67)93-73-49-45(53(77)61(85)65(57(49)81)97-41-29-17-14-26-38(41)35-22-10-5-11-23-35)69(92-73)91-71-47-44(68(90-71)88-70(46)87-66)52(76)60(84)63(55(47)79)95-39-27-15-12-24-36(39)33-18-6-3-7-19-33;/h12-17,24-29,32-35H,3-11,18-23,30-31H2,1-2H3;/q-2;+2. The van der Waals surface area contributed by atoms with Gasteiger partial charge < -0.3 is 48.9 Å². The molecule has 7 aromatic carbocycles. The topological polar surface area (TPSA) is 142 Å². The Kier molecular flexibility index (Phi) is 20.9. The molecule has 0 saturated heterocycles. The molecule has 5 aliphatic rings. The van der Waals surface area contributed by atoms with E-state index in [9.17, 15) is 0 Å². The molecule has 5 heterocycles. The van der Waals surface area contributed by atoms with Gasteiger partial charge in [-0.2, -0.15) is 0 Å². The van der Waals surface area contributed by atoms with E-state index < -0.39 is 0 Å². The first kappa shape index (κ1) is 70.3. The summed E-state index contributed by atoms with van der Waals surface area (Å²) in [6.07, 6.45) is 16.5. The fraction of sp³-hybridized carbons (Fsp3) is 0.315. The Morgan fingerprint density at radius 2 is 0.633 bits per heavy atom. The number of rotatable bonds is 13. The summed E-state index contributed by atoms with van der Waals surface area (Å²) in [7, 11) is 0. The van der Waals surface area contributed by atoms with Crippen LogP contribution in [0.2, 0.25) is 60.3 Å². The molecule has 98 heavy (non-hydrogen) atoms. The van der Waals surface area contributed by atoms with Crippen LogP contribution in [-0.2, 0) is 19.5 Å². The van der Waals surface area contributed by atoms with E-state index in [-0.39, 0.29) is 223 Å². The minimum absolute atomic E-state index is 0. The van der Waals surface area contributed by atoms with Gasteiger partial charge in [-0.05, 0) is 104 Å². The molecule has 0 radical (unpaired) electrons. The van der Waals surface area contributed by atoms with Gasteiger partial charge in [0.1, 0.15) is 37.3 Å². The number of ether oxygens (including phenoxy) is 4. The van der Waals surface area contributed by atoms with Gasteiger partial charge in [0.05, 0.1) is 70.1 Å². The van der Waals surface area contributed by atoms with Crippen LogP contribution in [-0.4, -0.2) is 36.5 Å². The van der Waals surface area contributed by atoms with Gasteiger partial charge in [-0.25, -0.2) is 9.97 Å². The number of hydrogen-bond acceptors (Lipinski definition) is 10. The van der Waals surface area contributed by atoms with E-state index >= 15 is 0 Å². The fourth-order valence-electron chi connectivity index (χ4n) is 14.2. The van der Waals surface area contributed by atoms with Gasteiger partial charge in [-0.15, -0.1) is 0 Å². The van der Waals surface area contributed by atoms with Crippen molar-refractivity contribution in [3.63, 3.8) is 0 Å². The Bertz CT molecular complexity index is 5070. The normalized spacial score (nSPS) is 15.2. The molecule has 3 aliphatic carbocycles. The van der Waals surface area contributed by atoms with Crippen LogP contribution in [0.5, 0.6) is 40.2 Å². The number of benzene rings is 7. The minimum atomic E-state index is -0.0787. The molecule has 498 valence electrons. The van der Waals surface area contributed by atoms with E-state index in [1.54, 1.807) is 0 Å². The van der Waals surface area contributed by atoms with E-state index in [0.717, 1.165) is 113 Å². The quantitative estimate of drug-likeness (QED) is 0.0801. The largest absolute Gasteiger partial charge is 2.00 e. The molecule has 2 aliphatic heterocycles. The third-order valence-corrected chi connectivity index (χ3v) is 23.9. The van der Waals surface area contributed by atoms with Gasteiger partial charge in [0, 0.05) is 66.4 Å². The van der Waals surface area contributed by atoms with E-state index in [0.29, 0.717) is 23.7 Å². The van der Waals surface area contributed by atoms with Crippen LogP contribution < -0.4 is 28.9 Å². The molecule has 12 nitrogen and oxygen atoms in total. The molecule has 0 spiro atoms. The van der Waals surface area contributed by atoms with Crippen molar-refractivity contribution in [2.45, 2.75) is 134 Å². The molecular weight excluding hydrogens is 1540 g/mol. The zero-order valence-corrected chi connectivity index (χ0v) is 64.8. The first-order chi connectivity index (χ1) is 46.9. The zero-order chi connectivity index (χ0) is 67.2. The second-order valence-corrected chi connectivity index (χ2v) is 30.1. The number of hydrogen-bond donors (Lipinski definition) is 0. The molecule has 0 N–H and O–H groups in total. The van der Waals surface area contributed by atoms with Crippen LogP contribution in [0.1, 0.15) is 151 Å². The zero-order valence-electron chi connectivity index (χ0n) is 52.7. The predicted octanol–water partition coefficient (Wildman–Crippen LogP) is 26.9. The smallest absolute Gasteiger partial charge is 0.490 e. The van der Waals surface area contributed by atoms with Crippen LogP contribution in [0.15, 0.2) is 72.8 Å². The van der Waals surface area contributed by atoms with Gasteiger partial charge in [-0.1, -0.05) is 265 Å². The van der Waals surface area contributed by atoms with Gasteiger partial charge in [0.2, 0.25) is 0 Å². The van der Waals surface area contributed by atoms with E-state index in [1.807, 2.05) is 54.6 Å². The molecule has 3 fully saturated rings. The molecule has 3 aromatic heterocycles. The van der Waals surface area contributed by atoms with Crippen LogP contribution in [0.4, 0.5) is 0 Å². The number of fused-ring (bicyclic) bond motifs is 20. The average molecular weight is 1600 g/mol. The summed E-state index contributed by atoms with van der Waals surface area (Å²) in [5, 5.41) is 0.265. The van der Waals surface area contributed by atoms with Crippen molar-refractivity contribution in [2.75, 3.05) is 6.61 Å². The average Bonchev–Trinajstić information content (AvgIpc) is 1.56. The second-order valence-electron chi connectivity index (χ2n) is 25.5. The van der Waals surface area contributed by atoms with E-state index in [4.69, 9.17) is 198 Å². The van der Waals surface area contributed by atoms with Gasteiger partial charge in [0.25, 0.3) is 0 Å². The number of para-hydroxylation sites is 3. The number of halogens is 12. The fourth-order valence-corrected chi connectivity index (χ4v) is 17.7. The summed E-state index contributed by atoms with van der Waals surface area (Å²) < 4.78 is 27.0. The maximum atomic E-state index is 7.79. The Labute approximate surface area is 638 Å². The first-order valence-corrected chi connectivity index (χ1v) is 37.0. The molecule has 25 heteroatoms. The van der Waals surface area contributed by atoms with Gasteiger partial charge >= 0.3 is 19.5 Å². The van der Waals surface area contributed by atoms with Gasteiger partial charge in [0.15, 0.2) is 23.0 Å². The maximum absolute atomic E-state index is 7.79. The SMILES string of the molecule is CC(C)CCOc1c(Cl)c(Cl)c2c(c1Cl)-c1nc-2nc2[n-]c(nc3nc(nc4[n-]c(n1)c1c(Cl)c(Cl)c(Oc5ccccc5C5CCCCC5)c(Cl)c41)-c1c(Cl)c(Cl)c(Oc4ccccc4C4CCCCC4)c(Cl)c1-3)c1c(Cl)c(Oc3ccccc3C3CCCCC3)c(Cl)c(Cl)c21.[Zn+2]. The van der Waals surface area contributed by atoms with Crippen molar-refractivity contribution >= 4 is 183 Å². The minimum Gasteiger partial charge on any atom is -0.490 e. The Morgan fingerprint density at radius 1 is 0.347 bits per heavy atom. The van der Waals surface area contributed by atoms with E-state index in [1.165, 1.54) is 0 Å². The summed E-state index contributed by atoms with van der Waals surface area (Å²) in [5.74, 6) is 2.50. The van der Waals surface area contributed by atoms with Crippen molar-refractivity contribution in [3.05, 3.63) is 150 Å². The third-order valence-electron chi connectivity index (χ3n) is 19.1. The molecule has 8 bridgehead atoms. The molecular formula is C73H56Cl12N8O4Zn. The van der Waals surface area contributed by atoms with Crippen LogP contribution >= 0.6 is 139 Å². The summed E-state index contributed by atoms with van der Waals surface area (Å²) in [6.45, 7) is 4.37. The van der Waals surface area contributed by atoms with Crippen molar-refractivity contribution in [3.8, 4) is 85.8 Å². The first-order valence-electron chi connectivity index (χ1n) is 32.4. The Hall–Kier alpha value is -4.80. The molecule has 0 unspecified atom stereocenters. The summed E-state index contributed by atoms with van der Waals surface area (Å²) >= 11 is 90.6.